The molecule has 0 aliphatic carbocycles. The minimum atomic E-state index is -2.29. The van der Waals surface area contributed by atoms with Crippen molar-refractivity contribution in [3.63, 3.8) is 0 Å². The molecule has 2 rings (SSSR count). The van der Waals surface area contributed by atoms with E-state index < -0.39 is 11.9 Å². The number of halogens is 3. The molecule has 0 aliphatic heterocycles. The Morgan fingerprint density at radius 3 is 1.71 bits per heavy atom. The highest BCUT2D eigenvalue weighted by Gasteiger charge is 2.08. The Kier molecular flexibility index (Phi) is 3.28. The van der Waals surface area contributed by atoms with Crippen LogP contribution in [0.25, 0.3) is 17.0 Å². The van der Waals surface area contributed by atoms with Gasteiger partial charge in [-0.3, -0.25) is 0 Å². The predicted molar refractivity (Wildman–Crippen MR) is 62.1 cm³/mol. The molecule has 2 aromatic carbocycles. The van der Waals surface area contributed by atoms with Gasteiger partial charge in [0.25, 0.3) is 0 Å². The van der Waals surface area contributed by atoms with Gasteiger partial charge in [0.15, 0.2) is 5.83 Å². The Morgan fingerprint density at radius 2 is 1.18 bits per heavy atom. The quantitative estimate of drug-likeness (QED) is 0.694. The summed E-state index contributed by atoms with van der Waals surface area (Å²) in [4.78, 5) is 0. The SMILES string of the molecule is FC(F)=C(F)c1ccc(-c2ccccc2)cc1. The van der Waals surface area contributed by atoms with Crippen LogP contribution in [0.2, 0.25) is 0 Å². The fraction of sp³-hybridized carbons (Fsp3) is 0. The molecule has 17 heavy (non-hydrogen) atoms. The lowest BCUT2D eigenvalue weighted by Gasteiger charge is -2.02. The molecule has 0 unspecified atom stereocenters. The Labute approximate surface area is 97.0 Å². The van der Waals surface area contributed by atoms with Gasteiger partial charge >= 0.3 is 6.08 Å². The molecule has 0 amide bonds. The van der Waals surface area contributed by atoms with Crippen molar-refractivity contribution in [3.05, 3.63) is 66.2 Å². The lowest BCUT2D eigenvalue weighted by atomic mass is 10.0. The summed E-state index contributed by atoms with van der Waals surface area (Å²) in [5.74, 6) is -1.47. The van der Waals surface area contributed by atoms with Crippen LogP contribution in [0.3, 0.4) is 0 Å². The van der Waals surface area contributed by atoms with E-state index in [4.69, 9.17) is 0 Å². The van der Waals surface area contributed by atoms with Crippen molar-refractivity contribution in [1.82, 2.24) is 0 Å². The molecule has 0 spiro atoms. The smallest absolute Gasteiger partial charge is 0.200 e. The molecule has 3 heteroatoms. The topological polar surface area (TPSA) is 0 Å². The fourth-order valence-electron chi connectivity index (χ4n) is 1.55. The summed E-state index contributed by atoms with van der Waals surface area (Å²) in [6.07, 6.45) is -2.29. The zero-order valence-electron chi connectivity index (χ0n) is 8.83. The first kappa shape index (κ1) is 11.5. The fourth-order valence-corrected chi connectivity index (χ4v) is 1.55. The number of rotatable bonds is 2. The molecule has 0 heterocycles. The van der Waals surface area contributed by atoms with Gasteiger partial charge in [-0.2, -0.15) is 8.78 Å². The molecular formula is C14H9F3. The molecule has 0 atom stereocenters. The van der Waals surface area contributed by atoms with E-state index >= 15 is 0 Å². The Bertz CT molecular complexity index is 523. The van der Waals surface area contributed by atoms with Crippen LogP contribution in [0.4, 0.5) is 13.2 Å². The monoisotopic (exact) mass is 234 g/mol. The average Bonchev–Trinajstić information content (AvgIpc) is 2.39. The van der Waals surface area contributed by atoms with Crippen molar-refractivity contribution in [2.75, 3.05) is 0 Å². The average molecular weight is 234 g/mol. The van der Waals surface area contributed by atoms with Crippen LogP contribution in [0, 0.1) is 0 Å². The minimum Gasteiger partial charge on any atom is -0.200 e. The van der Waals surface area contributed by atoms with Crippen molar-refractivity contribution in [3.8, 4) is 11.1 Å². The maximum absolute atomic E-state index is 12.9. The molecule has 0 N–H and O–H groups in total. The van der Waals surface area contributed by atoms with Crippen LogP contribution in [-0.4, -0.2) is 0 Å². The number of hydrogen-bond acceptors (Lipinski definition) is 0. The minimum absolute atomic E-state index is 0.107. The molecule has 86 valence electrons. The summed E-state index contributed by atoms with van der Waals surface area (Å²) in [6.45, 7) is 0. The third-order valence-corrected chi connectivity index (χ3v) is 2.41. The van der Waals surface area contributed by atoms with Crippen molar-refractivity contribution < 1.29 is 13.2 Å². The molecule has 0 fully saturated rings. The van der Waals surface area contributed by atoms with E-state index in [1.165, 1.54) is 12.1 Å². The molecular weight excluding hydrogens is 225 g/mol. The Balaban J connectivity index is 2.35. The maximum Gasteiger partial charge on any atom is 0.306 e. The van der Waals surface area contributed by atoms with Gasteiger partial charge < -0.3 is 0 Å². The van der Waals surface area contributed by atoms with Gasteiger partial charge in [-0.1, -0.05) is 54.6 Å². The number of benzene rings is 2. The first-order valence-electron chi connectivity index (χ1n) is 5.05. The maximum atomic E-state index is 12.9. The van der Waals surface area contributed by atoms with Gasteiger partial charge in [-0.05, 0) is 11.1 Å². The molecule has 0 aliphatic rings. The first-order chi connectivity index (χ1) is 8.18. The number of hydrogen-bond donors (Lipinski definition) is 0. The second-order valence-corrected chi connectivity index (χ2v) is 3.52. The van der Waals surface area contributed by atoms with E-state index in [0.717, 1.165) is 11.1 Å². The third kappa shape index (κ3) is 2.56. The van der Waals surface area contributed by atoms with Gasteiger partial charge in [-0.25, -0.2) is 4.39 Å². The highest BCUT2D eigenvalue weighted by atomic mass is 19.3. The van der Waals surface area contributed by atoms with Crippen LogP contribution in [0.5, 0.6) is 0 Å². The van der Waals surface area contributed by atoms with Crippen molar-refractivity contribution in [2.24, 2.45) is 0 Å². The van der Waals surface area contributed by atoms with E-state index in [9.17, 15) is 13.2 Å². The highest BCUT2D eigenvalue weighted by molar-refractivity contribution is 5.67. The van der Waals surface area contributed by atoms with Gasteiger partial charge in [0.05, 0.1) is 0 Å². The lowest BCUT2D eigenvalue weighted by Crippen LogP contribution is -1.81. The zero-order chi connectivity index (χ0) is 12.3. The lowest BCUT2D eigenvalue weighted by molar-refractivity contribution is 0.410. The van der Waals surface area contributed by atoms with Gasteiger partial charge in [0.2, 0.25) is 0 Å². The van der Waals surface area contributed by atoms with Crippen LogP contribution < -0.4 is 0 Å². The molecule has 0 saturated heterocycles. The normalized spacial score (nSPS) is 10.1. The third-order valence-electron chi connectivity index (χ3n) is 2.41. The second kappa shape index (κ2) is 4.87. The van der Waals surface area contributed by atoms with Gasteiger partial charge in [0.1, 0.15) is 0 Å². The zero-order valence-corrected chi connectivity index (χ0v) is 8.83. The van der Waals surface area contributed by atoms with E-state index in [0.29, 0.717) is 0 Å². The van der Waals surface area contributed by atoms with Crippen LogP contribution in [-0.2, 0) is 0 Å². The standard InChI is InChI=1S/C14H9F3/c15-13(14(16)17)12-8-6-11(7-9-12)10-4-2-1-3-5-10/h1-9H. The first-order valence-corrected chi connectivity index (χ1v) is 5.05. The molecule has 0 nitrogen and oxygen atoms in total. The van der Waals surface area contributed by atoms with Crippen LogP contribution >= 0.6 is 0 Å². The van der Waals surface area contributed by atoms with E-state index in [1.807, 2.05) is 30.3 Å². The van der Waals surface area contributed by atoms with Crippen LogP contribution in [0.15, 0.2) is 60.7 Å². The molecule has 0 bridgehead atoms. The molecule has 0 aromatic heterocycles. The summed E-state index contributed by atoms with van der Waals surface area (Å²) >= 11 is 0. The predicted octanol–water partition coefficient (Wildman–Crippen LogP) is 4.89. The Hall–Kier alpha value is -2.03. The van der Waals surface area contributed by atoms with Crippen molar-refractivity contribution in [1.29, 1.82) is 0 Å². The molecule has 2 aromatic rings. The van der Waals surface area contributed by atoms with Crippen molar-refractivity contribution in [2.45, 2.75) is 0 Å². The largest absolute Gasteiger partial charge is 0.306 e. The van der Waals surface area contributed by atoms with Crippen molar-refractivity contribution >= 4 is 5.83 Å². The van der Waals surface area contributed by atoms with E-state index in [-0.39, 0.29) is 5.56 Å². The summed E-state index contributed by atoms with van der Waals surface area (Å²) < 4.78 is 37.0. The summed E-state index contributed by atoms with van der Waals surface area (Å²) in [5, 5.41) is 0. The second-order valence-electron chi connectivity index (χ2n) is 3.52. The van der Waals surface area contributed by atoms with E-state index in [1.54, 1.807) is 12.1 Å². The van der Waals surface area contributed by atoms with Gasteiger partial charge in [0, 0.05) is 5.56 Å². The van der Waals surface area contributed by atoms with E-state index in [2.05, 4.69) is 0 Å². The molecule has 0 saturated carbocycles. The Morgan fingerprint density at radius 1 is 0.647 bits per heavy atom. The summed E-state index contributed by atoms with van der Waals surface area (Å²) in [6, 6.07) is 15.4. The van der Waals surface area contributed by atoms with Crippen LogP contribution in [0.1, 0.15) is 5.56 Å². The van der Waals surface area contributed by atoms with Gasteiger partial charge in [-0.15, -0.1) is 0 Å². The highest BCUT2D eigenvalue weighted by Crippen LogP contribution is 2.25. The molecule has 0 radical (unpaired) electrons. The summed E-state index contributed by atoms with van der Waals surface area (Å²) in [5.41, 5.74) is 1.72. The summed E-state index contributed by atoms with van der Waals surface area (Å²) in [7, 11) is 0.